The zero-order chi connectivity index (χ0) is 19.5. The van der Waals surface area contributed by atoms with Gasteiger partial charge in [0.25, 0.3) is 5.91 Å². The highest BCUT2D eigenvalue weighted by Gasteiger charge is 2.20. The standard InChI is InChI=1S/C22H18N2O3S/c1-26-20-12-14(11-18-21(25)24-22(28)23-18)9-10-19(20)27-13-16-7-4-6-15-5-2-3-8-17(15)16/h2-12H,13H2,1H3,(H2,23,24,25,28)/b18-11+. The van der Waals surface area contributed by atoms with Gasteiger partial charge in [0, 0.05) is 0 Å². The van der Waals surface area contributed by atoms with Gasteiger partial charge < -0.3 is 14.8 Å². The van der Waals surface area contributed by atoms with Gasteiger partial charge in [0.2, 0.25) is 0 Å². The summed E-state index contributed by atoms with van der Waals surface area (Å²) < 4.78 is 11.5. The van der Waals surface area contributed by atoms with E-state index in [-0.39, 0.29) is 5.91 Å². The molecule has 1 fully saturated rings. The van der Waals surface area contributed by atoms with Crippen LogP contribution in [0.1, 0.15) is 11.1 Å². The smallest absolute Gasteiger partial charge is 0.273 e. The lowest BCUT2D eigenvalue weighted by molar-refractivity contribution is -0.115. The van der Waals surface area contributed by atoms with Crippen molar-refractivity contribution >= 4 is 40.1 Å². The SMILES string of the molecule is COc1cc(/C=C2/NC(=S)NC2=O)ccc1OCc1cccc2ccccc12. The first-order chi connectivity index (χ1) is 13.6. The minimum Gasteiger partial charge on any atom is -0.493 e. The monoisotopic (exact) mass is 390 g/mol. The van der Waals surface area contributed by atoms with Gasteiger partial charge in [0.1, 0.15) is 12.3 Å². The van der Waals surface area contributed by atoms with Crippen LogP contribution in [-0.4, -0.2) is 18.1 Å². The van der Waals surface area contributed by atoms with Gasteiger partial charge in [-0.25, -0.2) is 0 Å². The summed E-state index contributed by atoms with van der Waals surface area (Å²) in [5.74, 6) is 0.979. The number of carbonyl (C=O) groups excluding carboxylic acids is 1. The van der Waals surface area contributed by atoms with Crippen molar-refractivity contribution in [1.29, 1.82) is 0 Å². The first kappa shape index (κ1) is 18.0. The third kappa shape index (κ3) is 3.68. The van der Waals surface area contributed by atoms with E-state index in [2.05, 4.69) is 34.9 Å². The van der Waals surface area contributed by atoms with Crippen molar-refractivity contribution < 1.29 is 14.3 Å². The van der Waals surface area contributed by atoms with Gasteiger partial charge in [-0.2, -0.15) is 0 Å². The predicted octanol–water partition coefficient (Wildman–Crippen LogP) is 3.77. The summed E-state index contributed by atoms with van der Waals surface area (Å²) in [5.41, 5.74) is 2.31. The number of nitrogens with one attached hydrogen (secondary N) is 2. The van der Waals surface area contributed by atoms with E-state index in [1.807, 2.05) is 36.4 Å². The second-order valence-corrected chi connectivity index (χ2v) is 6.71. The van der Waals surface area contributed by atoms with E-state index < -0.39 is 0 Å². The van der Waals surface area contributed by atoms with Crippen LogP contribution in [0.5, 0.6) is 11.5 Å². The first-order valence-electron chi connectivity index (χ1n) is 8.75. The van der Waals surface area contributed by atoms with E-state index in [0.717, 1.165) is 11.1 Å². The summed E-state index contributed by atoms with van der Waals surface area (Å²) in [6, 6.07) is 19.9. The minimum absolute atomic E-state index is 0.250. The van der Waals surface area contributed by atoms with Gasteiger partial charge in [-0.3, -0.25) is 10.1 Å². The van der Waals surface area contributed by atoms with E-state index in [4.69, 9.17) is 21.7 Å². The molecule has 28 heavy (non-hydrogen) atoms. The average Bonchev–Trinajstić information content (AvgIpc) is 3.03. The Morgan fingerprint density at radius 1 is 1.00 bits per heavy atom. The lowest BCUT2D eigenvalue weighted by atomic mass is 10.1. The van der Waals surface area contributed by atoms with Crippen molar-refractivity contribution in [1.82, 2.24) is 10.6 Å². The maximum atomic E-state index is 11.8. The van der Waals surface area contributed by atoms with Crippen LogP contribution in [0.2, 0.25) is 0 Å². The van der Waals surface area contributed by atoms with E-state index in [0.29, 0.717) is 28.9 Å². The molecule has 1 heterocycles. The quantitative estimate of drug-likeness (QED) is 0.513. The fourth-order valence-electron chi connectivity index (χ4n) is 3.12. The molecule has 4 rings (SSSR count). The molecule has 0 aliphatic carbocycles. The van der Waals surface area contributed by atoms with Crippen molar-refractivity contribution in [2.45, 2.75) is 6.61 Å². The second kappa shape index (κ2) is 7.70. The lowest BCUT2D eigenvalue weighted by Crippen LogP contribution is -2.21. The van der Waals surface area contributed by atoms with Crippen LogP contribution in [0.3, 0.4) is 0 Å². The molecule has 5 nitrogen and oxygen atoms in total. The summed E-state index contributed by atoms with van der Waals surface area (Å²) >= 11 is 4.94. The molecule has 0 saturated carbocycles. The molecule has 2 N–H and O–H groups in total. The van der Waals surface area contributed by atoms with Crippen LogP contribution in [0.15, 0.2) is 66.4 Å². The molecule has 0 radical (unpaired) electrons. The molecule has 1 amide bonds. The maximum absolute atomic E-state index is 11.8. The first-order valence-corrected chi connectivity index (χ1v) is 9.16. The summed E-state index contributed by atoms with van der Waals surface area (Å²) in [6.45, 7) is 0.427. The van der Waals surface area contributed by atoms with Gasteiger partial charge in [0.05, 0.1) is 7.11 Å². The number of ether oxygens (including phenoxy) is 2. The van der Waals surface area contributed by atoms with Gasteiger partial charge >= 0.3 is 0 Å². The third-order valence-corrected chi connectivity index (χ3v) is 4.69. The molecule has 0 unspecified atom stereocenters. The molecular formula is C22H18N2O3S. The van der Waals surface area contributed by atoms with Crippen molar-refractivity contribution in [2.75, 3.05) is 7.11 Å². The van der Waals surface area contributed by atoms with Gasteiger partial charge in [-0.1, -0.05) is 48.5 Å². The second-order valence-electron chi connectivity index (χ2n) is 6.30. The minimum atomic E-state index is -0.250. The molecule has 140 valence electrons. The number of fused-ring (bicyclic) bond motifs is 1. The highest BCUT2D eigenvalue weighted by molar-refractivity contribution is 7.80. The van der Waals surface area contributed by atoms with Crippen LogP contribution in [0.25, 0.3) is 16.8 Å². The zero-order valence-electron chi connectivity index (χ0n) is 15.2. The summed E-state index contributed by atoms with van der Waals surface area (Å²) in [5, 5.41) is 8.01. The highest BCUT2D eigenvalue weighted by atomic mass is 32.1. The Bertz CT molecular complexity index is 1100. The number of hydrogen-bond donors (Lipinski definition) is 2. The van der Waals surface area contributed by atoms with E-state index >= 15 is 0 Å². The molecule has 1 aliphatic rings. The van der Waals surface area contributed by atoms with E-state index in [1.165, 1.54) is 10.8 Å². The molecule has 0 bridgehead atoms. The summed E-state index contributed by atoms with van der Waals surface area (Å²) in [7, 11) is 1.59. The van der Waals surface area contributed by atoms with Crippen molar-refractivity contribution in [3.05, 3.63) is 77.5 Å². The zero-order valence-corrected chi connectivity index (χ0v) is 16.0. The van der Waals surface area contributed by atoms with Crippen molar-refractivity contribution in [3.8, 4) is 11.5 Å². The molecule has 3 aromatic carbocycles. The van der Waals surface area contributed by atoms with Crippen LogP contribution < -0.4 is 20.1 Å². The number of benzene rings is 3. The fourth-order valence-corrected chi connectivity index (χ4v) is 3.32. The van der Waals surface area contributed by atoms with Gasteiger partial charge in [0.15, 0.2) is 16.6 Å². The van der Waals surface area contributed by atoms with Gasteiger partial charge in [-0.05, 0) is 52.3 Å². The Kier molecular flexibility index (Phi) is 4.95. The molecule has 0 spiro atoms. The number of amides is 1. The van der Waals surface area contributed by atoms with Crippen LogP contribution in [0.4, 0.5) is 0 Å². The summed E-state index contributed by atoms with van der Waals surface area (Å²) in [4.78, 5) is 11.8. The highest BCUT2D eigenvalue weighted by Crippen LogP contribution is 2.30. The van der Waals surface area contributed by atoms with Crippen molar-refractivity contribution in [3.63, 3.8) is 0 Å². The van der Waals surface area contributed by atoms with Crippen LogP contribution in [0, 0.1) is 0 Å². The number of rotatable bonds is 5. The Morgan fingerprint density at radius 2 is 1.82 bits per heavy atom. The third-order valence-electron chi connectivity index (χ3n) is 4.48. The molecule has 0 atom stereocenters. The lowest BCUT2D eigenvalue weighted by Gasteiger charge is -2.13. The van der Waals surface area contributed by atoms with Crippen molar-refractivity contribution in [2.24, 2.45) is 0 Å². The van der Waals surface area contributed by atoms with Crippen LogP contribution >= 0.6 is 12.2 Å². The van der Waals surface area contributed by atoms with Crippen LogP contribution in [-0.2, 0) is 11.4 Å². The Labute approximate surface area is 168 Å². The Morgan fingerprint density at radius 3 is 2.61 bits per heavy atom. The average molecular weight is 390 g/mol. The Hall–Kier alpha value is -3.38. The maximum Gasteiger partial charge on any atom is 0.273 e. The number of methoxy groups -OCH3 is 1. The molecule has 6 heteroatoms. The predicted molar refractivity (Wildman–Crippen MR) is 113 cm³/mol. The molecule has 3 aromatic rings. The topological polar surface area (TPSA) is 59.6 Å². The number of hydrogen-bond acceptors (Lipinski definition) is 4. The molecular weight excluding hydrogens is 372 g/mol. The fraction of sp³-hybridized carbons (Fsp3) is 0.0909. The van der Waals surface area contributed by atoms with Gasteiger partial charge in [-0.15, -0.1) is 0 Å². The largest absolute Gasteiger partial charge is 0.493 e. The van der Waals surface area contributed by atoms with E-state index in [9.17, 15) is 4.79 Å². The number of carbonyl (C=O) groups is 1. The Balaban J connectivity index is 1.56. The molecule has 1 saturated heterocycles. The van der Waals surface area contributed by atoms with E-state index in [1.54, 1.807) is 13.2 Å². The summed E-state index contributed by atoms with van der Waals surface area (Å²) in [6.07, 6.45) is 1.71. The molecule has 0 aromatic heterocycles. The normalized spacial score (nSPS) is 14.8. The number of thiocarbonyl (C=S) groups is 1. The molecule has 1 aliphatic heterocycles.